The van der Waals surface area contributed by atoms with Crippen LogP contribution in [0.3, 0.4) is 0 Å². The highest BCUT2D eigenvalue weighted by Crippen LogP contribution is 2.53. The van der Waals surface area contributed by atoms with E-state index in [2.05, 4.69) is 246 Å². The lowest BCUT2D eigenvalue weighted by molar-refractivity contribution is 0.773. The topological polar surface area (TPSA) is 34.6 Å². The number of rotatable bonds is 10. The zero-order valence-corrected chi connectivity index (χ0v) is 45.6. The molecule has 0 bridgehead atoms. The molecule has 376 valence electrons. The summed E-state index contributed by atoms with van der Waals surface area (Å²) in [7, 11) is 0. The summed E-state index contributed by atoms with van der Waals surface area (Å²) < 4.78 is 0. The van der Waals surface area contributed by atoms with E-state index in [1.165, 1.54) is 83.5 Å². The van der Waals surface area contributed by atoms with Crippen molar-refractivity contribution in [3.05, 3.63) is 301 Å². The Kier molecular flexibility index (Phi) is 12.6. The lowest BCUT2D eigenvalue weighted by atomic mass is 9.67. The Bertz CT molecular complexity index is 4170. The molecule has 0 radical (unpaired) electrons. The second-order valence-corrected chi connectivity index (χ2v) is 21.6. The van der Waals surface area contributed by atoms with Gasteiger partial charge in [-0.2, -0.15) is 5.26 Å². The molecule has 2 unspecified atom stereocenters. The van der Waals surface area contributed by atoms with Gasteiger partial charge in [0.05, 0.1) is 35.6 Å². The Labute approximate surface area is 460 Å². The first-order valence-electron chi connectivity index (χ1n) is 27.0. The third-order valence-electron chi connectivity index (χ3n) is 16.8. The van der Waals surface area contributed by atoms with Crippen LogP contribution in [0.1, 0.15) is 50.1 Å². The highest BCUT2D eigenvalue weighted by atomic mass is 15.2. The molecule has 8 aromatic rings. The maximum atomic E-state index is 10.4. The highest BCUT2D eigenvalue weighted by molar-refractivity contribution is 5.92. The Balaban J connectivity index is 1.04. The summed E-state index contributed by atoms with van der Waals surface area (Å²) in [5, 5.41) is 10.4. The minimum absolute atomic E-state index is 0.0810. The van der Waals surface area contributed by atoms with Crippen molar-refractivity contribution in [2.24, 2.45) is 5.92 Å². The molecule has 0 aromatic heterocycles. The first-order chi connectivity index (χ1) is 37.8. The normalized spacial score (nSPS) is 15.8. The molecule has 78 heavy (non-hydrogen) atoms. The van der Waals surface area contributed by atoms with Crippen molar-refractivity contribution in [2.75, 3.05) is 9.80 Å². The molecule has 0 saturated heterocycles. The first-order valence-corrected chi connectivity index (χ1v) is 27.0. The van der Waals surface area contributed by atoms with Gasteiger partial charge in [-0.3, -0.25) is 0 Å². The number of aryl methyl sites for hydroxylation is 8. The lowest BCUT2D eigenvalue weighted by Gasteiger charge is -2.44. The second kappa shape index (κ2) is 19.9. The van der Waals surface area contributed by atoms with Crippen LogP contribution in [0, 0.1) is 79.2 Å². The number of anilines is 4. The fourth-order valence-electron chi connectivity index (χ4n) is 11.8. The van der Waals surface area contributed by atoms with E-state index in [-0.39, 0.29) is 12.0 Å². The number of nitriles is 1. The number of hydrogen-bond acceptors (Lipinski definition) is 3. The highest BCUT2D eigenvalue weighted by Gasteiger charge is 2.40. The Morgan fingerprint density at radius 1 is 0.474 bits per heavy atom. The fourth-order valence-corrected chi connectivity index (χ4v) is 11.8. The van der Waals surface area contributed by atoms with Crippen LogP contribution in [0.4, 0.5) is 28.4 Å². The molecule has 0 saturated carbocycles. The standard InChI is InChI=1S/C74H60N4/c1-45-16-20-56(36-49(45)5)58-28-34-71(67(41-58)60-22-18-47(3)51(7)38-60)77(63-14-10-12-53(40-63)44-75)69-32-26-54-25-31-66-70(33-27-55-24-30-65(69)73(54)74(55)66)78(64-15-11-13-62(43-64)76-9)72-35-29-59(57-21-17-46(2)50(6)37-57)42-68(72)61-23-19-48(4)52(8)39-61/h10-43,69,74H,1-8H3. The summed E-state index contributed by atoms with van der Waals surface area (Å²) in [6, 6.07) is 59.2. The van der Waals surface area contributed by atoms with E-state index in [9.17, 15) is 5.26 Å². The molecule has 4 heteroatoms. The predicted molar refractivity (Wildman–Crippen MR) is 326 cm³/mol. The average Bonchev–Trinajstić information content (AvgIpc) is 3.65. The first kappa shape index (κ1) is 49.4. The molecular formula is C74H60N4. The van der Waals surface area contributed by atoms with Crippen LogP contribution >= 0.6 is 0 Å². The minimum atomic E-state index is -0.240. The molecule has 0 amide bonds. The van der Waals surface area contributed by atoms with Crippen molar-refractivity contribution in [1.29, 1.82) is 5.26 Å². The SMILES string of the molecule is [C-]#[N+]c1cccc(N(C2=C3C=CC4=C5C(=CC=C(C=C2)C35)C(N(c2cccc(C#N)c2)c2ccc(-c3ccc(C)c(C)c3)cc2-c2ccc(C)c(C)c2)C=C4)c2ccc(-c3ccc(C)c(C)c3)cc2-c2ccc(C)c(C)c2)c1. The van der Waals surface area contributed by atoms with Crippen LogP contribution in [-0.4, -0.2) is 6.04 Å². The molecule has 0 spiro atoms. The molecule has 8 aromatic carbocycles. The summed E-state index contributed by atoms with van der Waals surface area (Å²) in [5.74, 6) is -0.0810. The Hall–Kier alpha value is -9.48. The molecule has 4 nitrogen and oxygen atoms in total. The smallest absolute Gasteiger partial charge is 0.189 e. The van der Waals surface area contributed by atoms with Gasteiger partial charge < -0.3 is 9.80 Å². The van der Waals surface area contributed by atoms with Gasteiger partial charge in [-0.1, -0.05) is 146 Å². The fraction of sp³-hybridized carbons (Fsp3) is 0.135. The Morgan fingerprint density at radius 2 is 1.01 bits per heavy atom. The number of allylic oxidation sites excluding steroid dienone is 10. The number of hydrogen-bond donors (Lipinski definition) is 0. The van der Waals surface area contributed by atoms with Gasteiger partial charge in [-0.15, -0.1) is 0 Å². The number of benzene rings is 8. The Morgan fingerprint density at radius 3 is 1.62 bits per heavy atom. The zero-order chi connectivity index (χ0) is 53.9. The zero-order valence-electron chi connectivity index (χ0n) is 45.6. The van der Waals surface area contributed by atoms with Crippen LogP contribution < -0.4 is 9.80 Å². The van der Waals surface area contributed by atoms with Crippen LogP contribution in [0.15, 0.2) is 240 Å². The van der Waals surface area contributed by atoms with E-state index in [0.717, 1.165) is 61.8 Å². The molecule has 2 atom stereocenters. The summed E-state index contributed by atoms with van der Waals surface area (Å²) in [6.07, 6.45) is 18.5. The van der Waals surface area contributed by atoms with Crippen LogP contribution in [0.5, 0.6) is 0 Å². The largest absolute Gasteiger partial charge is 0.330 e. The summed E-state index contributed by atoms with van der Waals surface area (Å²) in [5.41, 5.74) is 31.4. The van der Waals surface area contributed by atoms with Crippen molar-refractivity contribution < 1.29 is 0 Å². The summed E-state index contributed by atoms with van der Waals surface area (Å²) >= 11 is 0. The number of nitrogens with zero attached hydrogens (tertiary/aromatic N) is 4. The average molecular weight is 1010 g/mol. The van der Waals surface area contributed by atoms with Crippen molar-refractivity contribution in [3.63, 3.8) is 0 Å². The molecule has 0 aliphatic heterocycles. The second-order valence-electron chi connectivity index (χ2n) is 21.6. The monoisotopic (exact) mass is 1000 g/mol. The predicted octanol–water partition coefficient (Wildman–Crippen LogP) is 19.3. The van der Waals surface area contributed by atoms with E-state index in [1.807, 2.05) is 36.4 Å². The van der Waals surface area contributed by atoms with Gasteiger partial charge in [-0.05, 0) is 222 Å². The van der Waals surface area contributed by atoms with Gasteiger partial charge in [0.15, 0.2) is 5.69 Å². The third-order valence-corrected chi connectivity index (χ3v) is 16.8. The van der Waals surface area contributed by atoms with Gasteiger partial charge in [-0.25, -0.2) is 4.85 Å². The van der Waals surface area contributed by atoms with Crippen molar-refractivity contribution in [1.82, 2.24) is 0 Å². The lowest BCUT2D eigenvalue weighted by Crippen LogP contribution is -2.37. The molecule has 4 aliphatic rings. The van der Waals surface area contributed by atoms with Gasteiger partial charge in [0.25, 0.3) is 0 Å². The molecule has 0 heterocycles. The van der Waals surface area contributed by atoms with Crippen LogP contribution in [-0.2, 0) is 0 Å². The molecular weight excluding hydrogens is 945 g/mol. The van der Waals surface area contributed by atoms with E-state index in [1.54, 1.807) is 0 Å². The van der Waals surface area contributed by atoms with Gasteiger partial charge >= 0.3 is 0 Å². The molecule has 12 rings (SSSR count). The maximum Gasteiger partial charge on any atom is 0.189 e. The maximum absolute atomic E-state index is 10.4. The van der Waals surface area contributed by atoms with Gasteiger partial charge in [0, 0.05) is 34.1 Å². The van der Waals surface area contributed by atoms with E-state index < -0.39 is 0 Å². The quantitative estimate of drug-likeness (QED) is 0.128. The van der Waals surface area contributed by atoms with Crippen LogP contribution in [0.2, 0.25) is 0 Å². The van der Waals surface area contributed by atoms with Crippen molar-refractivity contribution in [3.8, 4) is 50.6 Å². The summed E-state index contributed by atoms with van der Waals surface area (Å²) in [6.45, 7) is 25.6. The van der Waals surface area contributed by atoms with Gasteiger partial charge in [0.2, 0.25) is 0 Å². The molecule has 0 fully saturated rings. The molecule has 0 N–H and O–H groups in total. The third kappa shape index (κ3) is 8.76. The van der Waals surface area contributed by atoms with E-state index >= 15 is 0 Å². The minimum Gasteiger partial charge on any atom is -0.330 e. The van der Waals surface area contributed by atoms with E-state index in [0.29, 0.717) is 11.3 Å². The van der Waals surface area contributed by atoms with Gasteiger partial charge in [0.1, 0.15) is 0 Å². The summed E-state index contributed by atoms with van der Waals surface area (Å²) in [4.78, 5) is 8.80. The van der Waals surface area contributed by atoms with E-state index in [4.69, 9.17) is 6.57 Å². The van der Waals surface area contributed by atoms with Crippen molar-refractivity contribution in [2.45, 2.75) is 61.4 Å². The molecule has 4 aliphatic carbocycles. The van der Waals surface area contributed by atoms with Crippen molar-refractivity contribution >= 4 is 28.4 Å². The van der Waals surface area contributed by atoms with Crippen LogP contribution in [0.25, 0.3) is 49.4 Å².